The number of likely N-dealkylation sites (tertiary alicyclic amines) is 1. The van der Waals surface area contributed by atoms with Crippen LogP contribution in [-0.4, -0.2) is 35.6 Å². The Morgan fingerprint density at radius 3 is 2.75 bits per heavy atom. The van der Waals surface area contributed by atoms with Crippen molar-refractivity contribution in [3.63, 3.8) is 0 Å². The van der Waals surface area contributed by atoms with Crippen molar-refractivity contribution in [3.8, 4) is 0 Å². The number of halogens is 2. The lowest BCUT2D eigenvalue weighted by atomic mass is 10.1. The molecule has 110 valence electrons. The molecule has 0 saturated carbocycles. The Balaban J connectivity index is 1.67. The molecule has 1 aromatic rings. The van der Waals surface area contributed by atoms with Gasteiger partial charge in [0.1, 0.15) is 0 Å². The number of hydrogen-bond donors (Lipinski definition) is 1. The number of aryl methyl sites for hydroxylation is 1. The predicted octanol–water partition coefficient (Wildman–Crippen LogP) is 3.72. The first-order valence-corrected chi connectivity index (χ1v) is 7.71. The summed E-state index contributed by atoms with van der Waals surface area (Å²) < 4.78 is 0. The number of benzene rings is 1. The van der Waals surface area contributed by atoms with Crippen molar-refractivity contribution in [2.24, 2.45) is 5.92 Å². The normalized spacial score (nSPS) is 19.4. The van der Waals surface area contributed by atoms with E-state index < -0.39 is 5.97 Å². The number of carboxylic acids is 1. The molecule has 0 radical (unpaired) electrons. The molecule has 1 aliphatic rings. The van der Waals surface area contributed by atoms with E-state index in [0.29, 0.717) is 16.6 Å². The van der Waals surface area contributed by atoms with E-state index in [4.69, 9.17) is 28.3 Å². The van der Waals surface area contributed by atoms with Gasteiger partial charge in [-0.25, -0.2) is 0 Å². The van der Waals surface area contributed by atoms with Crippen LogP contribution in [0.15, 0.2) is 18.2 Å². The third kappa shape index (κ3) is 4.37. The molecule has 0 bridgehead atoms. The fourth-order valence-corrected chi connectivity index (χ4v) is 2.92. The zero-order valence-electron chi connectivity index (χ0n) is 11.3. The Labute approximate surface area is 129 Å². The van der Waals surface area contributed by atoms with Gasteiger partial charge >= 0.3 is 5.97 Å². The van der Waals surface area contributed by atoms with Crippen molar-refractivity contribution in [1.82, 2.24) is 4.90 Å². The molecule has 5 heteroatoms. The van der Waals surface area contributed by atoms with E-state index in [9.17, 15) is 4.79 Å². The van der Waals surface area contributed by atoms with Crippen LogP contribution >= 0.6 is 23.2 Å². The van der Waals surface area contributed by atoms with Crippen LogP contribution in [-0.2, 0) is 11.2 Å². The minimum absolute atomic E-state index is 0.176. The third-order valence-corrected chi connectivity index (χ3v) is 4.53. The van der Waals surface area contributed by atoms with Crippen LogP contribution in [0.4, 0.5) is 0 Å². The number of hydrogen-bond acceptors (Lipinski definition) is 2. The van der Waals surface area contributed by atoms with Crippen molar-refractivity contribution >= 4 is 29.2 Å². The molecule has 20 heavy (non-hydrogen) atoms. The number of carboxylic acid groups (broad SMARTS) is 1. The van der Waals surface area contributed by atoms with Gasteiger partial charge in [-0.15, -0.1) is 0 Å². The average molecular weight is 316 g/mol. The van der Waals surface area contributed by atoms with Gasteiger partial charge in [0.05, 0.1) is 16.0 Å². The Kier molecular flexibility index (Phi) is 5.70. The van der Waals surface area contributed by atoms with Crippen LogP contribution in [0.5, 0.6) is 0 Å². The maximum absolute atomic E-state index is 10.9. The highest BCUT2D eigenvalue weighted by molar-refractivity contribution is 6.42. The van der Waals surface area contributed by atoms with Crippen LogP contribution < -0.4 is 0 Å². The minimum atomic E-state index is -0.664. The molecule has 0 aliphatic carbocycles. The van der Waals surface area contributed by atoms with Gasteiger partial charge in [-0.1, -0.05) is 29.3 Å². The Hall–Kier alpha value is -0.770. The molecule has 0 spiro atoms. The molecule has 1 aromatic carbocycles. The average Bonchev–Trinajstić information content (AvgIpc) is 2.88. The zero-order valence-corrected chi connectivity index (χ0v) is 12.8. The predicted molar refractivity (Wildman–Crippen MR) is 81.6 cm³/mol. The maximum atomic E-state index is 10.9. The maximum Gasteiger partial charge on any atom is 0.307 e. The summed E-state index contributed by atoms with van der Waals surface area (Å²) in [6, 6.07) is 5.75. The third-order valence-electron chi connectivity index (χ3n) is 3.80. The molecule has 1 unspecified atom stereocenters. The van der Waals surface area contributed by atoms with Crippen molar-refractivity contribution in [3.05, 3.63) is 33.8 Å². The molecule has 1 saturated heterocycles. The first kappa shape index (κ1) is 15.6. The Bertz CT molecular complexity index is 479. The van der Waals surface area contributed by atoms with Crippen LogP contribution in [0, 0.1) is 5.92 Å². The van der Waals surface area contributed by atoms with Gasteiger partial charge in [-0.2, -0.15) is 0 Å². The van der Waals surface area contributed by atoms with Crippen molar-refractivity contribution in [2.75, 3.05) is 19.6 Å². The summed E-state index contributed by atoms with van der Waals surface area (Å²) in [5, 5.41) is 10.1. The van der Waals surface area contributed by atoms with Crippen LogP contribution in [0.25, 0.3) is 0 Å². The molecular weight excluding hydrogens is 297 g/mol. The van der Waals surface area contributed by atoms with E-state index in [1.54, 1.807) is 0 Å². The van der Waals surface area contributed by atoms with E-state index in [1.807, 2.05) is 18.2 Å². The highest BCUT2D eigenvalue weighted by atomic mass is 35.5. The van der Waals surface area contributed by atoms with Gasteiger partial charge in [-0.3, -0.25) is 4.79 Å². The SMILES string of the molecule is O=C(O)C1CCN(CCCCc2ccc(Cl)c(Cl)c2)C1. The highest BCUT2D eigenvalue weighted by Gasteiger charge is 2.27. The topological polar surface area (TPSA) is 40.5 Å². The van der Waals surface area contributed by atoms with E-state index in [-0.39, 0.29) is 5.92 Å². The summed E-state index contributed by atoms with van der Waals surface area (Å²) in [6.07, 6.45) is 3.91. The monoisotopic (exact) mass is 315 g/mol. The molecular formula is C15H19Cl2NO2. The summed E-state index contributed by atoms with van der Waals surface area (Å²) in [5.41, 5.74) is 1.20. The summed E-state index contributed by atoms with van der Waals surface area (Å²) in [5.74, 6) is -0.839. The Morgan fingerprint density at radius 1 is 1.30 bits per heavy atom. The lowest BCUT2D eigenvalue weighted by Gasteiger charge is -2.14. The first-order valence-electron chi connectivity index (χ1n) is 6.95. The molecule has 2 rings (SSSR count). The number of nitrogens with zero attached hydrogens (tertiary/aromatic N) is 1. The smallest absolute Gasteiger partial charge is 0.307 e. The van der Waals surface area contributed by atoms with Gasteiger partial charge < -0.3 is 10.0 Å². The second-order valence-corrected chi connectivity index (χ2v) is 6.14. The molecule has 1 aliphatic heterocycles. The molecule has 1 atom stereocenters. The lowest BCUT2D eigenvalue weighted by molar-refractivity contribution is -0.141. The van der Waals surface area contributed by atoms with E-state index >= 15 is 0 Å². The van der Waals surface area contributed by atoms with E-state index in [2.05, 4.69) is 4.90 Å². The highest BCUT2D eigenvalue weighted by Crippen LogP contribution is 2.23. The quantitative estimate of drug-likeness (QED) is 0.813. The number of aliphatic carboxylic acids is 1. The molecule has 1 fully saturated rings. The molecule has 1 N–H and O–H groups in total. The number of carbonyl (C=O) groups is 1. The molecule has 0 amide bonds. The minimum Gasteiger partial charge on any atom is -0.481 e. The van der Waals surface area contributed by atoms with Crippen molar-refractivity contribution < 1.29 is 9.90 Å². The number of rotatable bonds is 6. The van der Waals surface area contributed by atoms with Gasteiger partial charge in [0.2, 0.25) is 0 Å². The fraction of sp³-hybridized carbons (Fsp3) is 0.533. The second-order valence-electron chi connectivity index (χ2n) is 5.33. The van der Waals surface area contributed by atoms with E-state index in [1.165, 1.54) is 5.56 Å². The molecule has 3 nitrogen and oxygen atoms in total. The van der Waals surface area contributed by atoms with E-state index in [0.717, 1.165) is 38.8 Å². The van der Waals surface area contributed by atoms with Crippen molar-refractivity contribution in [2.45, 2.75) is 25.7 Å². The molecule has 1 heterocycles. The second kappa shape index (κ2) is 7.30. The Morgan fingerprint density at radius 2 is 2.10 bits per heavy atom. The zero-order chi connectivity index (χ0) is 14.5. The van der Waals surface area contributed by atoms with Crippen LogP contribution in [0.1, 0.15) is 24.8 Å². The largest absolute Gasteiger partial charge is 0.481 e. The van der Waals surface area contributed by atoms with Gasteiger partial charge in [0, 0.05) is 6.54 Å². The fourth-order valence-electron chi connectivity index (χ4n) is 2.60. The van der Waals surface area contributed by atoms with Gasteiger partial charge in [-0.05, 0) is 56.5 Å². The standard InChI is InChI=1S/C15H19Cl2NO2/c16-13-5-4-11(9-14(13)17)3-1-2-7-18-8-6-12(10-18)15(19)20/h4-5,9,12H,1-3,6-8,10H2,(H,19,20). The van der Waals surface area contributed by atoms with Crippen LogP contribution in [0.3, 0.4) is 0 Å². The summed E-state index contributed by atoms with van der Waals surface area (Å²) in [4.78, 5) is 13.1. The lowest BCUT2D eigenvalue weighted by Crippen LogP contribution is -2.24. The van der Waals surface area contributed by atoms with Crippen LogP contribution in [0.2, 0.25) is 10.0 Å². The first-order chi connectivity index (χ1) is 9.56. The summed E-state index contributed by atoms with van der Waals surface area (Å²) in [7, 11) is 0. The van der Waals surface area contributed by atoms with Gasteiger partial charge in [0.15, 0.2) is 0 Å². The molecule has 0 aromatic heterocycles. The summed E-state index contributed by atoms with van der Waals surface area (Å²) in [6.45, 7) is 2.58. The number of unbranched alkanes of at least 4 members (excludes halogenated alkanes) is 1. The summed E-state index contributed by atoms with van der Waals surface area (Å²) >= 11 is 11.9. The van der Waals surface area contributed by atoms with Crippen molar-refractivity contribution in [1.29, 1.82) is 0 Å². The van der Waals surface area contributed by atoms with Gasteiger partial charge in [0.25, 0.3) is 0 Å².